The number of benzene rings is 1. The first-order chi connectivity index (χ1) is 16.6. The fourth-order valence-corrected chi connectivity index (χ4v) is 7.71. The van der Waals surface area contributed by atoms with Gasteiger partial charge in [0.1, 0.15) is 0 Å². The van der Waals surface area contributed by atoms with Crippen molar-refractivity contribution in [2.45, 2.75) is 89.2 Å². The van der Waals surface area contributed by atoms with Crippen molar-refractivity contribution in [1.82, 2.24) is 0 Å². The predicted octanol–water partition coefficient (Wildman–Crippen LogP) is 6.29. The van der Waals surface area contributed by atoms with E-state index >= 15 is 0 Å². The van der Waals surface area contributed by atoms with Gasteiger partial charge in [0, 0.05) is 4.91 Å². The molecular formula is C30H40O4S. The molecule has 190 valence electrons. The van der Waals surface area contributed by atoms with Crippen LogP contribution in [0.2, 0.25) is 0 Å². The summed E-state index contributed by atoms with van der Waals surface area (Å²) in [5.74, 6) is 0.759. The maximum absolute atomic E-state index is 12.9. The second-order valence-corrected chi connectivity index (χ2v) is 13.1. The van der Waals surface area contributed by atoms with Gasteiger partial charge in [-0.05, 0) is 87.7 Å². The average Bonchev–Trinajstić information content (AvgIpc) is 3.18. The lowest BCUT2D eigenvalue weighted by Gasteiger charge is -2.42. The first kappa shape index (κ1) is 26.1. The zero-order chi connectivity index (χ0) is 25.2. The summed E-state index contributed by atoms with van der Waals surface area (Å²) in [5.41, 5.74) is 4.17. The smallest absolute Gasteiger partial charge is 0.202 e. The maximum atomic E-state index is 12.9. The molecule has 5 heteroatoms. The standard InChI is InChI=1S/C30H40O4S/c1-21(11-12-22(2)35(33,34)27-9-5-4-6-10-27)28-15-16-29-24(8-7-17-30(28,29)3)14-13-23-18-25(31)20-26(32)19-23/h4-6,9-10,12-15,21,25-26,29,31-32H,7-8,11,16-20H2,1-3H3/b22-12-,24-14+/t21-,25-,26-,29+,30-/m1/s1. The SMILES string of the molecule is C/C(=C/C[C@@H](C)C1=CC[C@H]2/C(=C/C=C3C[C@@H](O)C[C@H](O)C3)CCC[C@]12C)S(=O)(=O)c1ccccc1. The van der Waals surface area contributed by atoms with Gasteiger partial charge in [0.15, 0.2) is 0 Å². The highest BCUT2D eigenvalue weighted by molar-refractivity contribution is 7.95. The number of sulfone groups is 1. The van der Waals surface area contributed by atoms with Gasteiger partial charge < -0.3 is 10.2 Å². The van der Waals surface area contributed by atoms with Crippen LogP contribution in [0.3, 0.4) is 0 Å². The molecule has 2 N–H and O–H groups in total. The molecule has 0 amide bonds. The summed E-state index contributed by atoms with van der Waals surface area (Å²) in [4.78, 5) is 0.770. The Kier molecular flexibility index (Phi) is 7.89. The number of hydrogen-bond acceptors (Lipinski definition) is 4. The molecular weight excluding hydrogens is 456 g/mol. The van der Waals surface area contributed by atoms with Gasteiger partial charge in [-0.2, -0.15) is 0 Å². The predicted molar refractivity (Wildman–Crippen MR) is 141 cm³/mol. The second kappa shape index (κ2) is 10.6. The Morgan fingerprint density at radius 1 is 1.14 bits per heavy atom. The molecule has 0 radical (unpaired) electrons. The number of aliphatic hydroxyl groups is 2. The minimum absolute atomic E-state index is 0.105. The van der Waals surface area contributed by atoms with E-state index in [0.29, 0.717) is 41.4 Å². The van der Waals surface area contributed by atoms with Crippen molar-refractivity contribution in [2.24, 2.45) is 17.3 Å². The Bertz CT molecular complexity index is 1130. The van der Waals surface area contributed by atoms with Gasteiger partial charge in [0.25, 0.3) is 0 Å². The molecule has 0 saturated heterocycles. The van der Waals surface area contributed by atoms with E-state index in [1.165, 1.54) is 11.1 Å². The zero-order valence-corrected chi connectivity index (χ0v) is 22.1. The highest BCUT2D eigenvalue weighted by Crippen LogP contribution is 2.57. The third kappa shape index (κ3) is 5.58. The van der Waals surface area contributed by atoms with Crippen molar-refractivity contribution >= 4 is 9.84 Å². The van der Waals surface area contributed by atoms with Crippen molar-refractivity contribution in [3.63, 3.8) is 0 Å². The molecule has 3 aliphatic carbocycles. The molecule has 35 heavy (non-hydrogen) atoms. The first-order valence-electron chi connectivity index (χ1n) is 13.0. The third-order valence-corrected chi connectivity index (χ3v) is 10.4. The van der Waals surface area contributed by atoms with E-state index in [-0.39, 0.29) is 11.3 Å². The van der Waals surface area contributed by atoms with Crippen molar-refractivity contribution < 1.29 is 18.6 Å². The molecule has 0 aliphatic heterocycles. The highest BCUT2D eigenvalue weighted by Gasteiger charge is 2.45. The molecule has 2 saturated carbocycles. The normalized spacial score (nSPS) is 31.7. The van der Waals surface area contributed by atoms with E-state index in [9.17, 15) is 18.6 Å². The van der Waals surface area contributed by atoms with E-state index in [4.69, 9.17) is 0 Å². The van der Waals surface area contributed by atoms with Crippen LogP contribution in [0, 0.1) is 17.3 Å². The largest absolute Gasteiger partial charge is 0.393 e. The molecule has 0 aromatic heterocycles. The Morgan fingerprint density at radius 3 is 2.51 bits per heavy atom. The molecule has 4 nitrogen and oxygen atoms in total. The molecule has 4 rings (SSSR count). The van der Waals surface area contributed by atoms with Gasteiger partial charge in [-0.15, -0.1) is 0 Å². The van der Waals surface area contributed by atoms with E-state index in [1.807, 2.05) is 12.1 Å². The van der Waals surface area contributed by atoms with Gasteiger partial charge in [0.05, 0.1) is 17.1 Å². The van der Waals surface area contributed by atoms with Crippen molar-refractivity contribution in [3.8, 4) is 0 Å². The third-order valence-electron chi connectivity index (χ3n) is 8.45. The fourth-order valence-electron chi connectivity index (χ4n) is 6.51. The van der Waals surface area contributed by atoms with Crippen LogP contribution in [0.5, 0.6) is 0 Å². The molecule has 5 atom stereocenters. The Labute approximate surface area is 211 Å². The molecule has 3 aliphatic rings. The topological polar surface area (TPSA) is 74.6 Å². The Hall–Kier alpha value is -1.95. The van der Waals surface area contributed by atoms with Crippen LogP contribution in [0.25, 0.3) is 0 Å². The van der Waals surface area contributed by atoms with Gasteiger partial charge in [-0.25, -0.2) is 8.42 Å². The lowest BCUT2D eigenvalue weighted by atomic mass is 9.62. The zero-order valence-electron chi connectivity index (χ0n) is 21.3. The van der Waals surface area contributed by atoms with Crippen LogP contribution < -0.4 is 0 Å². The average molecular weight is 497 g/mol. The summed E-state index contributed by atoms with van der Waals surface area (Å²) >= 11 is 0. The summed E-state index contributed by atoms with van der Waals surface area (Å²) in [6, 6.07) is 8.66. The van der Waals surface area contributed by atoms with Gasteiger partial charge in [-0.3, -0.25) is 0 Å². The van der Waals surface area contributed by atoms with Crippen LogP contribution >= 0.6 is 0 Å². The summed E-state index contributed by atoms with van der Waals surface area (Å²) in [6.45, 7) is 6.32. The molecule has 2 fully saturated rings. The lowest BCUT2D eigenvalue weighted by Crippen LogP contribution is -2.32. The number of fused-ring (bicyclic) bond motifs is 1. The minimum Gasteiger partial charge on any atom is -0.393 e. The van der Waals surface area contributed by atoms with E-state index in [1.54, 1.807) is 31.2 Å². The molecule has 1 aromatic carbocycles. The maximum Gasteiger partial charge on any atom is 0.202 e. The monoisotopic (exact) mass is 496 g/mol. The minimum atomic E-state index is -3.44. The van der Waals surface area contributed by atoms with E-state index in [0.717, 1.165) is 31.3 Å². The summed E-state index contributed by atoms with van der Waals surface area (Å²) in [5, 5.41) is 20.0. The summed E-state index contributed by atoms with van der Waals surface area (Å²) in [7, 11) is -3.44. The van der Waals surface area contributed by atoms with Crippen molar-refractivity contribution in [3.05, 3.63) is 76.3 Å². The number of allylic oxidation sites excluding steroid dienone is 7. The second-order valence-electron chi connectivity index (χ2n) is 11.0. The van der Waals surface area contributed by atoms with E-state index < -0.39 is 22.0 Å². The van der Waals surface area contributed by atoms with Gasteiger partial charge >= 0.3 is 0 Å². The van der Waals surface area contributed by atoms with Crippen molar-refractivity contribution in [1.29, 1.82) is 0 Å². The van der Waals surface area contributed by atoms with Crippen LogP contribution in [-0.2, 0) is 9.84 Å². The molecule has 1 aromatic rings. The van der Waals surface area contributed by atoms with Crippen LogP contribution in [0.15, 0.2) is 81.2 Å². The van der Waals surface area contributed by atoms with Crippen LogP contribution in [0.1, 0.15) is 72.1 Å². The number of rotatable bonds is 6. The molecule has 0 bridgehead atoms. The quantitative estimate of drug-likeness (QED) is 0.454. The highest BCUT2D eigenvalue weighted by atomic mass is 32.2. The summed E-state index contributed by atoms with van der Waals surface area (Å²) < 4.78 is 25.8. The number of hydrogen-bond donors (Lipinski definition) is 2. The number of aliphatic hydroxyl groups excluding tert-OH is 2. The van der Waals surface area contributed by atoms with Crippen LogP contribution in [-0.4, -0.2) is 30.8 Å². The van der Waals surface area contributed by atoms with Crippen molar-refractivity contribution in [2.75, 3.05) is 0 Å². The fraction of sp³-hybridized carbons (Fsp3) is 0.533. The lowest BCUT2D eigenvalue weighted by molar-refractivity contribution is 0.0609. The molecule has 0 heterocycles. The molecule has 0 unspecified atom stereocenters. The first-order valence-corrected chi connectivity index (χ1v) is 14.5. The van der Waals surface area contributed by atoms with Gasteiger partial charge in [-0.1, -0.05) is 73.1 Å². The Morgan fingerprint density at radius 2 is 1.83 bits per heavy atom. The van der Waals surface area contributed by atoms with E-state index in [2.05, 4.69) is 32.1 Å². The Balaban J connectivity index is 1.47. The summed E-state index contributed by atoms with van der Waals surface area (Å²) in [6.07, 6.45) is 14.8. The van der Waals surface area contributed by atoms with Crippen LogP contribution in [0.4, 0.5) is 0 Å². The molecule has 0 spiro atoms. The van der Waals surface area contributed by atoms with Gasteiger partial charge in [0.2, 0.25) is 9.84 Å².